The number of aromatic nitrogens is 2. The third kappa shape index (κ3) is 1.72. The molecule has 1 aromatic carbocycles. The molecule has 0 fully saturated rings. The molecule has 5 heteroatoms. The van der Waals surface area contributed by atoms with Crippen LogP contribution in [0.25, 0.3) is 5.69 Å². The van der Waals surface area contributed by atoms with Crippen molar-refractivity contribution in [1.82, 2.24) is 9.78 Å². The van der Waals surface area contributed by atoms with Gasteiger partial charge >= 0.3 is 0 Å². The van der Waals surface area contributed by atoms with Crippen LogP contribution < -0.4 is 0 Å². The monoisotopic (exact) mass is 261 g/mol. The first kappa shape index (κ1) is 10.7. The molecular weight excluding hydrogens is 254 g/mol. The fraction of sp³-hybridized carbons (Fsp3) is 0.167. The molecule has 1 aliphatic heterocycles. The smallest absolute Gasteiger partial charge is 0.137 e. The van der Waals surface area contributed by atoms with Crippen LogP contribution in [0.15, 0.2) is 24.3 Å². The van der Waals surface area contributed by atoms with Gasteiger partial charge in [0.2, 0.25) is 0 Å². The number of halogens is 1. The molecule has 3 rings (SSSR count). The molecule has 0 atom stereocenters. The van der Waals surface area contributed by atoms with Crippen LogP contribution in [0.3, 0.4) is 0 Å². The largest absolute Gasteiger partial charge is 0.222 e. The molecule has 17 heavy (non-hydrogen) atoms. The number of thioether (sulfide) groups is 1. The molecule has 0 saturated heterocycles. The van der Waals surface area contributed by atoms with Gasteiger partial charge in [0.05, 0.1) is 23.0 Å². The van der Waals surface area contributed by atoms with Crippen LogP contribution in [0.5, 0.6) is 0 Å². The van der Waals surface area contributed by atoms with Crippen LogP contribution in [-0.2, 0) is 11.5 Å². The molecule has 3 nitrogen and oxygen atoms in total. The average molecular weight is 262 g/mol. The summed E-state index contributed by atoms with van der Waals surface area (Å²) in [6.45, 7) is 0. The van der Waals surface area contributed by atoms with Gasteiger partial charge in [-0.15, -0.1) is 0 Å². The number of nitrogens with zero attached hydrogens (tertiary/aromatic N) is 3. The maximum Gasteiger partial charge on any atom is 0.137 e. The zero-order chi connectivity index (χ0) is 11.8. The Labute approximate surface area is 108 Å². The predicted octanol–water partition coefficient (Wildman–Crippen LogP) is 3.14. The standard InChI is InChI=1S/C12H8ClN3S/c13-12-10-6-17-7-11(10)15-16(12)9-3-1-2-8(4-9)5-14/h1-4H,6-7H2. The highest BCUT2D eigenvalue weighted by atomic mass is 35.5. The van der Waals surface area contributed by atoms with Crippen LogP contribution in [0.2, 0.25) is 5.15 Å². The van der Waals surface area contributed by atoms with Crippen LogP contribution in [0.1, 0.15) is 16.8 Å². The SMILES string of the molecule is N#Cc1cccc(-n2nc3c(c2Cl)CSC3)c1. The van der Waals surface area contributed by atoms with Gasteiger partial charge in [0.1, 0.15) is 5.15 Å². The molecule has 0 aliphatic carbocycles. The van der Waals surface area contributed by atoms with Gasteiger partial charge in [0.15, 0.2) is 0 Å². The summed E-state index contributed by atoms with van der Waals surface area (Å²) >= 11 is 8.13. The van der Waals surface area contributed by atoms with Crippen LogP contribution in [0.4, 0.5) is 0 Å². The Kier molecular flexibility index (Phi) is 2.58. The maximum absolute atomic E-state index is 8.88. The van der Waals surface area contributed by atoms with E-state index in [1.807, 2.05) is 23.9 Å². The van der Waals surface area contributed by atoms with Crippen LogP contribution >= 0.6 is 23.4 Å². The second kappa shape index (κ2) is 4.10. The zero-order valence-corrected chi connectivity index (χ0v) is 10.4. The van der Waals surface area contributed by atoms with Crippen molar-refractivity contribution in [2.75, 3.05) is 0 Å². The summed E-state index contributed by atoms with van der Waals surface area (Å²) in [5.41, 5.74) is 3.64. The number of hydrogen-bond donors (Lipinski definition) is 0. The molecule has 2 aromatic rings. The number of fused-ring (bicyclic) bond motifs is 1. The third-order valence-electron chi connectivity index (χ3n) is 2.71. The number of nitriles is 1. The summed E-state index contributed by atoms with van der Waals surface area (Å²) < 4.78 is 1.72. The fourth-order valence-corrected chi connectivity index (χ4v) is 3.28. The molecular formula is C12H8ClN3S. The molecule has 0 bridgehead atoms. The van der Waals surface area contributed by atoms with Gasteiger partial charge in [0.25, 0.3) is 0 Å². The average Bonchev–Trinajstić information content (AvgIpc) is 2.93. The summed E-state index contributed by atoms with van der Waals surface area (Å²) in [6, 6.07) is 9.42. The molecule has 0 unspecified atom stereocenters. The van der Waals surface area contributed by atoms with E-state index in [-0.39, 0.29) is 0 Å². The van der Waals surface area contributed by atoms with E-state index >= 15 is 0 Å². The van der Waals surface area contributed by atoms with Crippen molar-refractivity contribution in [3.05, 3.63) is 46.2 Å². The van der Waals surface area contributed by atoms with Crippen LogP contribution in [0, 0.1) is 11.3 Å². The van der Waals surface area contributed by atoms with Crippen molar-refractivity contribution in [2.45, 2.75) is 11.5 Å². The molecule has 0 amide bonds. The summed E-state index contributed by atoms with van der Waals surface area (Å²) in [7, 11) is 0. The second-order valence-corrected chi connectivity index (χ2v) is 5.13. The minimum absolute atomic E-state index is 0.614. The highest BCUT2D eigenvalue weighted by Crippen LogP contribution is 2.35. The van der Waals surface area contributed by atoms with E-state index in [0.717, 1.165) is 28.5 Å². The van der Waals surface area contributed by atoms with Gasteiger partial charge < -0.3 is 0 Å². The van der Waals surface area contributed by atoms with Gasteiger partial charge in [-0.2, -0.15) is 22.1 Å². The Bertz CT molecular complexity index is 627. The Morgan fingerprint density at radius 1 is 1.41 bits per heavy atom. The maximum atomic E-state index is 8.88. The normalized spacial score (nSPS) is 13.4. The summed E-state index contributed by atoms with van der Waals surface area (Å²) in [5.74, 6) is 1.84. The van der Waals surface area contributed by atoms with Crippen molar-refractivity contribution in [1.29, 1.82) is 5.26 Å². The van der Waals surface area contributed by atoms with Gasteiger partial charge in [-0.05, 0) is 18.2 Å². The van der Waals surface area contributed by atoms with Crippen molar-refractivity contribution in [3.8, 4) is 11.8 Å². The quantitative estimate of drug-likeness (QED) is 0.792. The summed E-state index contributed by atoms with van der Waals surface area (Å²) in [6.07, 6.45) is 0. The molecule has 2 heterocycles. The molecule has 0 N–H and O–H groups in total. The Morgan fingerprint density at radius 3 is 3.06 bits per heavy atom. The van der Waals surface area contributed by atoms with Gasteiger partial charge in [-0.25, -0.2) is 4.68 Å². The minimum Gasteiger partial charge on any atom is -0.222 e. The number of rotatable bonds is 1. The van der Waals surface area contributed by atoms with E-state index in [4.69, 9.17) is 16.9 Å². The molecule has 0 saturated carbocycles. The number of hydrogen-bond acceptors (Lipinski definition) is 3. The first-order chi connectivity index (χ1) is 8.29. The van der Waals surface area contributed by atoms with E-state index in [9.17, 15) is 0 Å². The lowest BCUT2D eigenvalue weighted by Gasteiger charge is -2.04. The lowest BCUT2D eigenvalue weighted by molar-refractivity contribution is 0.860. The van der Waals surface area contributed by atoms with Crippen molar-refractivity contribution >= 4 is 23.4 Å². The fourth-order valence-electron chi connectivity index (χ4n) is 1.86. The molecule has 0 radical (unpaired) electrons. The van der Waals surface area contributed by atoms with Crippen molar-refractivity contribution in [3.63, 3.8) is 0 Å². The predicted molar refractivity (Wildman–Crippen MR) is 68.3 cm³/mol. The van der Waals surface area contributed by atoms with E-state index in [0.29, 0.717) is 10.7 Å². The Morgan fingerprint density at radius 2 is 2.29 bits per heavy atom. The Balaban J connectivity index is 2.13. The highest BCUT2D eigenvalue weighted by molar-refractivity contribution is 7.98. The summed E-state index contributed by atoms with van der Waals surface area (Å²) in [5, 5.41) is 14.0. The lowest BCUT2D eigenvalue weighted by Crippen LogP contribution is -1.98. The first-order valence-corrected chi connectivity index (χ1v) is 6.67. The van der Waals surface area contributed by atoms with Gasteiger partial charge in [-0.3, -0.25) is 0 Å². The number of benzene rings is 1. The van der Waals surface area contributed by atoms with Gasteiger partial charge in [0, 0.05) is 17.1 Å². The van der Waals surface area contributed by atoms with Crippen molar-refractivity contribution < 1.29 is 0 Å². The molecule has 1 aromatic heterocycles. The van der Waals surface area contributed by atoms with E-state index in [1.54, 1.807) is 16.8 Å². The second-order valence-electron chi connectivity index (χ2n) is 3.78. The van der Waals surface area contributed by atoms with Crippen LogP contribution in [-0.4, -0.2) is 9.78 Å². The third-order valence-corrected chi connectivity index (χ3v) is 4.07. The molecule has 0 spiro atoms. The van der Waals surface area contributed by atoms with E-state index in [1.165, 1.54) is 0 Å². The summed E-state index contributed by atoms with van der Waals surface area (Å²) in [4.78, 5) is 0. The Hall–Kier alpha value is -1.44. The molecule has 84 valence electrons. The van der Waals surface area contributed by atoms with E-state index < -0.39 is 0 Å². The molecule has 1 aliphatic rings. The van der Waals surface area contributed by atoms with Gasteiger partial charge in [-0.1, -0.05) is 17.7 Å². The van der Waals surface area contributed by atoms with Crippen molar-refractivity contribution in [2.24, 2.45) is 0 Å². The zero-order valence-electron chi connectivity index (χ0n) is 8.85. The van der Waals surface area contributed by atoms with E-state index in [2.05, 4.69) is 11.2 Å². The lowest BCUT2D eigenvalue weighted by atomic mass is 10.2. The first-order valence-electron chi connectivity index (χ1n) is 5.14. The highest BCUT2D eigenvalue weighted by Gasteiger charge is 2.21. The minimum atomic E-state index is 0.614. The topological polar surface area (TPSA) is 41.6 Å².